The number of sulfonamides is 1. The van der Waals surface area contributed by atoms with E-state index in [4.69, 9.17) is 14.2 Å². The fraction of sp³-hybridized carbons (Fsp3) is 0.475. The van der Waals surface area contributed by atoms with Crippen molar-refractivity contribution in [1.29, 1.82) is 0 Å². The van der Waals surface area contributed by atoms with E-state index in [0.29, 0.717) is 30.7 Å². The molecule has 12 heteroatoms. The van der Waals surface area contributed by atoms with Gasteiger partial charge >= 0.3 is 12.1 Å². The highest BCUT2D eigenvalue weighted by Crippen LogP contribution is 2.31. The van der Waals surface area contributed by atoms with E-state index in [0.717, 1.165) is 48.8 Å². The highest BCUT2D eigenvalue weighted by Gasteiger charge is 2.26. The number of nitrogens with zero attached hydrogens (tertiary/aromatic N) is 1. The normalized spacial score (nSPS) is 14.2. The van der Waals surface area contributed by atoms with Crippen LogP contribution in [-0.2, 0) is 30.7 Å². The predicted octanol–water partition coefficient (Wildman–Crippen LogP) is 6.98. The van der Waals surface area contributed by atoms with Gasteiger partial charge in [-0.15, -0.1) is 0 Å². The lowest BCUT2D eigenvalue weighted by Gasteiger charge is -2.29. The van der Waals surface area contributed by atoms with Gasteiger partial charge in [0.1, 0.15) is 11.4 Å². The number of carbonyl (C=O) groups is 3. The zero-order valence-electron chi connectivity index (χ0n) is 30.6. The molecule has 52 heavy (non-hydrogen) atoms. The standard InChI is InChI=1S/C40H52N2O9S/c1-29(43)49-25-11-12-26-52(47,48)41-38(45)35-22-21-33(27-37(35)50-34-15-9-6-10-16-34)31-19-17-30(18-20-31)23-24-42(39(46)51-40(2,3)4)28-36(44)32-13-7-5-8-14-32/h5,7-8,13-14,17-22,27,34,36,44H,6,9-12,15-16,23-26,28H2,1-4H3,(H,41,45)/t36-/m1/s1. The number of hydrogen-bond acceptors (Lipinski definition) is 9. The van der Waals surface area contributed by atoms with Gasteiger partial charge in [0.25, 0.3) is 5.91 Å². The summed E-state index contributed by atoms with van der Waals surface area (Å²) in [7, 11) is -3.94. The average molecular weight is 737 g/mol. The molecule has 1 aliphatic rings. The first kappa shape index (κ1) is 40.4. The molecule has 11 nitrogen and oxygen atoms in total. The number of aliphatic hydroxyl groups is 1. The molecule has 0 aliphatic heterocycles. The van der Waals surface area contributed by atoms with Crippen molar-refractivity contribution >= 4 is 28.0 Å². The Morgan fingerprint density at radius 3 is 2.25 bits per heavy atom. The van der Waals surface area contributed by atoms with Crippen molar-refractivity contribution in [2.75, 3.05) is 25.4 Å². The average Bonchev–Trinajstić information content (AvgIpc) is 3.09. The number of aliphatic hydroxyl groups excluding tert-OH is 1. The Hall–Kier alpha value is -4.42. The quantitative estimate of drug-likeness (QED) is 0.117. The van der Waals surface area contributed by atoms with Crippen molar-refractivity contribution in [3.63, 3.8) is 0 Å². The summed E-state index contributed by atoms with van der Waals surface area (Å²) in [4.78, 5) is 38.9. The van der Waals surface area contributed by atoms with Crippen LogP contribution in [0.25, 0.3) is 11.1 Å². The molecule has 0 spiro atoms. The van der Waals surface area contributed by atoms with Gasteiger partial charge in [0.2, 0.25) is 10.0 Å². The Bertz CT molecular complexity index is 1730. The van der Waals surface area contributed by atoms with Crippen LogP contribution in [0.3, 0.4) is 0 Å². The molecule has 0 heterocycles. The van der Waals surface area contributed by atoms with Crippen molar-refractivity contribution in [1.82, 2.24) is 9.62 Å². The minimum Gasteiger partial charge on any atom is -0.490 e. The summed E-state index contributed by atoms with van der Waals surface area (Å²) in [5.41, 5.74) is 2.79. The second-order valence-electron chi connectivity index (χ2n) is 14.2. The van der Waals surface area contributed by atoms with E-state index >= 15 is 0 Å². The van der Waals surface area contributed by atoms with Gasteiger partial charge in [-0.3, -0.25) is 9.59 Å². The third kappa shape index (κ3) is 13.3. The van der Waals surface area contributed by atoms with Gasteiger partial charge in [-0.2, -0.15) is 0 Å². The van der Waals surface area contributed by atoms with Gasteiger partial charge in [-0.25, -0.2) is 17.9 Å². The van der Waals surface area contributed by atoms with E-state index in [1.807, 2.05) is 54.6 Å². The summed E-state index contributed by atoms with van der Waals surface area (Å²) in [5.74, 6) is -1.16. The smallest absolute Gasteiger partial charge is 0.410 e. The van der Waals surface area contributed by atoms with Crippen LogP contribution in [0.5, 0.6) is 5.75 Å². The number of ether oxygens (including phenoxy) is 3. The second kappa shape index (κ2) is 18.9. The van der Waals surface area contributed by atoms with Gasteiger partial charge in [-0.05, 0) is 100 Å². The predicted molar refractivity (Wildman–Crippen MR) is 199 cm³/mol. The molecule has 3 aromatic rings. The zero-order valence-corrected chi connectivity index (χ0v) is 31.5. The minimum absolute atomic E-state index is 0.0795. The monoisotopic (exact) mass is 736 g/mol. The summed E-state index contributed by atoms with van der Waals surface area (Å²) in [6, 6.07) is 22.2. The molecule has 1 saturated carbocycles. The van der Waals surface area contributed by atoms with E-state index in [1.165, 1.54) is 11.8 Å². The third-order valence-electron chi connectivity index (χ3n) is 8.62. The van der Waals surface area contributed by atoms with E-state index in [-0.39, 0.29) is 37.0 Å². The van der Waals surface area contributed by atoms with Crippen LogP contribution in [-0.4, -0.2) is 73.5 Å². The molecule has 3 aromatic carbocycles. The summed E-state index contributed by atoms with van der Waals surface area (Å²) in [6.07, 6.45) is 4.52. The lowest BCUT2D eigenvalue weighted by Crippen LogP contribution is -2.40. The first-order chi connectivity index (χ1) is 24.7. The molecular formula is C40H52N2O9S. The van der Waals surface area contributed by atoms with Gasteiger partial charge in [0.05, 0.1) is 36.7 Å². The van der Waals surface area contributed by atoms with Gasteiger partial charge in [0, 0.05) is 13.5 Å². The maximum Gasteiger partial charge on any atom is 0.410 e. The lowest BCUT2D eigenvalue weighted by molar-refractivity contribution is -0.141. The highest BCUT2D eigenvalue weighted by atomic mass is 32.2. The molecule has 4 rings (SSSR count). The van der Waals surface area contributed by atoms with E-state index in [9.17, 15) is 27.9 Å². The van der Waals surface area contributed by atoms with Crippen molar-refractivity contribution < 1.29 is 42.1 Å². The van der Waals surface area contributed by atoms with Crippen LogP contribution < -0.4 is 9.46 Å². The molecule has 0 radical (unpaired) electrons. The number of carbonyl (C=O) groups excluding carboxylic acids is 3. The molecule has 282 valence electrons. The topological polar surface area (TPSA) is 149 Å². The van der Waals surface area contributed by atoms with Crippen LogP contribution in [0.1, 0.15) is 100 Å². The number of hydrogen-bond donors (Lipinski definition) is 2. The largest absolute Gasteiger partial charge is 0.490 e. The number of unbranched alkanes of at least 4 members (excludes halogenated alkanes) is 1. The molecule has 2 amide bonds. The minimum atomic E-state index is -3.94. The SMILES string of the molecule is CC(=O)OCCCCS(=O)(=O)NC(=O)c1ccc(-c2ccc(CCN(C[C@@H](O)c3ccccc3)C(=O)OC(C)(C)C)cc2)cc1OC1CCCCC1. The fourth-order valence-electron chi connectivity index (χ4n) is 5.91. The van der Waals surface area contributed by atoms with Crippen LogP contribution in [0, 0.1) is 0 Å². The fourth-order valence-corrected chi connectivity index (χ4v) is 6.99. The van der Waals surface area contributed by atoms with Gasteiger partial charge < -0.3 is 24.2 Å². The van der Waals surface area contributed by atoms with Crippen LogP contribution in [0.15, 0.2) is 72.8 Å². The molecule has 1 aliphatic carbocycles. The van der Waals surface area contributed by atoms with Gasteiger partial charge in [0.15, 0.2) is 0 Å². The molecule has 2 N–H and O–H groups in total. The van der Waals surface area contributed by atoms with Crippen molar-refractivity contribution in [3.05, 3.63) is 89.5 Å². The summed E-state index contributed by atoms with van der Waals surface area (Å²) < 4.78 is 44.5. The Kier molecular flexibility index (Phi) is 14.7. The number of rotatable bonds is 16. The lowest BCUT2D eigenvalue weighted by atomic mass is 9.97. The first-order valence-corrected chi connectivity index (χ1v) is 19.6. The summed E-state index contributed by atoms with van der Waals surface area (Å²) in [5, 5.41) is 10.9. The summed E-state index contributed by atoms with van der Waals surface area (Å²) >= 11 is 0. The summed E-state index contributed by atoms with van der Waals surface area (Å²) in [6.45, 7) is 7.23. The zero-order chi connectivity index (χ0) is 37.7. The van der Waals surface area contributed by atoms with E-state index in [2.05, 4.69) is 4.72 Å². The van der Waals surface area contributed by atoms with Crippen molar-refractivity contribution in [2.45, 2.75) is 96.9 Å². The number of benzene rings is 3. The first-order valence-electron chi connectivity index (χ1n) is 18.0. The molecule has 1 fully saturated rings. The Morgan fingerprint density at radius 1 is 0.923 bits per heavy atom. The molecule has 1 atom stereocenters. The number of nitrogens with one attached hydrogen (secondary N) is 1. The maximum absolute atomic E-state index is 13.3. The Balaban J connectivity index is 1.47. The van der Waals surface area contributed by atoms with E-state index < -0.39 is 39.7 Å². The highest BCUT2D eigenvalue weighted by molar-refractivity contribution is 7.90. The Labute approximate surface area is 307 Å². The van der Waals surface area contributed by atoms with Crippen molar-refractivity contribution in [2.24, 2.45) is 0 Å². The Morgan fingerprint density at radius 2 is 1.60 bits per heavy atom. The molecule has 0 bridgehead atoms. The van der Waals surface area contributed by atoms with E-state index in [1.54, 1.807) is 39.0 Å². The molecule has 0 unspecified atom stereocenters. The molecule has 0 saturated heterocycles. The van der Waals surface area contributed by atoms with Crippen LogP contribution in [0.4, 0.5) is 4.79 Å². The molecule has 0 aromatic heterocycles. The number of amides is 2. The third-order valence-corrected chi connectivity index (χ3v) is 9.94. The van der Waals surface area contributed by atoms with Crippen LogP contribution in [0.2, 0.25) is 0 Å². The van der Waals surface area contributed by atoms with Gasteiger partial charge in [-0.1, -0.05) is 67.1 Å². The molecular weight excluding hydrogens is 685 g/mol. The number of esters is 1. The van der Waals surface area contributed by atoms with Crippen molar-refractivity contribution in [3.8, 4) is 16.9 Å². The maximum atomic E-state index is 13.3. The van der Waals surface area contributed by atoms with Crippen LogP contribution >= 0.6 is 0 Å². The second-order valence-corrected chi connectivity index (χ2v) is 16.0.